The van der Waals surface area contributed by atoms with Gasteiger partial charge < -0.3 is 0 Å². The monoisotopic (exact) mass is 266 g/mol. The quantitative estimate of drug-likeness (QED) is 0.733. The Labute approximate surface area is 96.6 Å². The molecule has 0 amide bonds. The molecule has 0 spiro atoms. The van der Waals surface area contributed by atoms with Crippen molar-refractivity contribution in [2.75, 3.05) is 0 Å². The van der Waals surface area contributed by atoms with E-state index < -0.39 is 21.4 Å². The molecule has 1 aliphatic carbocycles. The zero-order valence-corrected chi connectivity index (χ0v) is 9.78. The minimum atomic E-state index is -3.85. The fraction of sp³-hybridized carbons (Fsp3) is 0.400. The summed E-state index contributed by atoms with van der Waals surface area (Å²) in [5.41, 5.74) is 1.15. The van der Waals surface area contributed by atoms with Gasteiger partial charge in [0.25, 0.3) is 15.0 Å². The van der Waals surface area contributed by atoms with Gasteiger partial charge in [0.05, 0.1) is 4.90 Å². The third kappa shape index (κ3) is 2.35. The molecule has 0 aliphatic heterocycles. The second kappa shape index (κ2) is 3.67. The van der Waals surface area contributed by atoms with Gasteiger partial charge in [0.1, 0.15) is 0 Å². The molecule has 1 aromatic carbocycles. The number of fused-ring (bicyclic) bond motifs is 1. The summed E-state index contributed by atoms with van der Waals surface area (Å²) in [6.07, 6.45) is -0.333. The second-order valence-electron chi connectivity index (χ2n) is 3.90. The normalized spacial score (nSPS) is 19.2. The number of alkyl halides is 2. The lowest BCUT2D eigenvalue weighted by atomic mass is 9.89. The Morgan fingerprint density at radius 1 is 1.25 bits per heavy atom. The molecule has 0 fully saturated rings. The van der Waals surface area contributed by atoms with Gasteiger partial charge in [-0.25, -0.2) is 17.2 Å². The molecule has 1 aliphatic rings. The van der Waals surface area contributed by atoms with Crippen molar-refractivity contribution in [2.45, 2.75) is 30.1 Å². The van der Waals surface area contributed by atoms with Gasteiger partial charge in [-0.15, -0.1) is 0 Å². The summed E-state index contributed by atoms with van der Waals surface area (Å²) >= 11 is 0. The van der Waals surface area contributed by atoms with Crippen LogP contribution >= 0.6 is 10.7 Å². The highest BCUT2D eigenvalue weighted by atomic mass is 35.7. The summed E-state index contributed by atoms with van der Waals surface area (Å²) in [6.45, 7) is 0. The first kappa shape index (κ1) is 11.8. The molecule has 0 aromatic heterocycles. The minimum Gasteiger partial charge on any atom is -0.207 e. The number of rotatable bonds is 1. The van der Waals surface area contributed by atoms with E-state index in [0.29, 0.717) is 5.56 Å². The summed E-state index contributed by atoms with van der Waals surface area (Å²) in [6, 6.07) is 4.15. The van der Waals surface area contributed by atoms with Crippen molar-refractivity contribution < 1.29 is 17.2 Å². The van der Waals surface area contributed by atoms with Crippen LogP contribution in [0.1, 0.15) is 17.5 Å². The van der Waals surface area contributed by atoms with Crippen molar-refractivity contribution >= 4 is 19.7 Å². The molecule has 0 atom stereocenters. The number of benzene rings is 1. The summed E-state index contributed by atoms with van der Waals surface area (Å²) in [4.78, 5) is -0.120. The van der Waals surface area contributed by atoms with Crippen LogP contribution in [0.25, 0.3) is 0 Å². The first-order valence-electron chi connectivity index (χ1n) is 4.72. The molecule has 0 bridgehead atoms. The molecule has 2 nitrogen and oxygen atoms in total. The van der Waals surface area contributed by atoms with Crippen LogP contribution in [-0.4, -0.2) is 14.3 Å². The van der Waals surface area contributed by atoms with Gasteiger partial charge in [-0.05, 0) is 29.7 Å². The van der Waals surface area contributed by atoms with E-state index in [-0.39, 0.29) is 17.7 Å². The van der Waals surface area contributed by atoms with Gasteiger partial charge in [0.15, 0.2) is 0 Å². The molecule has 0 saturated heterocycles. The van der Waals surface area contributed by atoms with Crippen molar-refractivity contribution in [1.82, 2.24) is 0 Å². The summed E-state index contributed by atoms with van der Waals surface area (Å²) in [5.74, 6) is -2.75. The Bertz CT molecular complexity index is 526. The topological polar surface area (TPSA) is 34.1 Å². The third-order valence-electron chi connectivity index (χ3n) is 2.67. The van der Waals surface area contributed by atoms with Gasteiger partial charge in [-0.2, -0.15) is 0 Å². The molecule has 1 aromatic rings. The van der Waals surface area contributed by atoms with Crippen LogP contribution in [0.4, 0.5) is 8.78 Å². The number of aryl methyl sites for hydroxylation is 1. The molecule has 0 saturated carbocycles. The molecule has 0 radical (unpaired) electrons. The Balaban J connectivity index is 2.47. The van der Waals surface area contributed by atoms with E-state index in [0.717, 1.165) is 5.56 Å². The molecule has 0 heterocycles. The molecule has 0 N–H and O–H groups in total. The zero-order valence-electron chi connectivity index (χ0n) is 8.21. The first-order chi connectivity index (χ1) is 7.28. The highest BCUT2D eigenvalue weighted by Crippen LogP contribution is 2.34. The van der Waals surface area contributed by atoms with Crippen LogP contribution in [-0.2, 0) is 21.9 Å². The van der Waals surface area contributed by atoms with E-state index >= 15 is 0 Å². The van der Waals surface area contributed by atoms with Crippen molar-refractivity contribution in [2.24, 2.45) is 0 Å². The molecular formula is C10H9ClF2O2S. The van der Waals surface area contributed by atoms with Gasteiger partial charge >= 0.3 is 0 Å². The maximum atomic E-state index is 13.1. The number of halogens is 3. The molecule has 16 heavy (non-hydrogen) atoms. The van der Waals surface area contributed by atoms with Crippen molar-refractivity contribution in [1.29, 1.82) is 0 Å². The van der Waals surface area contributed by atoms with Crippen LogP contribution in [0.5, 0.6) is 0 Å². The summed E-state index contributed by atoms with van der Waals surface area (Å²) < 4.78 is 48.4. The summed E-state index contributed by atoms with van der Waals surface area (Å²) in [7, 11) is 1.31. The highest BCUT2D eigenvalue weighted by molar-refractivity contribution is 8.13. The predicted octanol–water partition coefficient (Wildman–Crippen LogP) is 2.74. The Morgan fingerprint density at radius 3 is 2.56 bits per heavy atom. The van der Waals surface area contributed by atoms with Gasteiger partial charge in [-0.1, -0.05) is 6.07 Å². The Morgan fingerprint density at radius 2 is 1.94 bits per heavy atom. The second-order valence-corrected chi connectivity index (χ2v) is 6.47. The van der Waals surface area contributed by atoms with E-state index in [1.807, 2.05) is 0 Å². The maximum Gasteiger partial charge on any atom is 0.261 e. The van der Waals surface area contributed by atoms with Crippen molar-refractivity contribution in [3.63, 3.8) is 0 Å². The molecular weight excluding hydrogens is 258 g/mol. The maximum absolute atomic E-state index is 13.1. The Kier molecular flexibility index (Phi) is 2.70. The SMILES string of the molecule is O=S(=O)(Cl)c1ccc2c(c1)CC(F)(F)CC2. The van der Waals surface area contributed by atoms with Crippen LogP contribution in [0.2, 0.25) is 0 Å². The first-order valence-corrected chi connectivity index (χ1v) is 7.03. The minimum absolute atomic E-state index is 0.120. The number of hydrogen-bond donors (Lipinski definition) is 0. The van der Waals surface area contributed by atoms with Crippen molar-refractivity contribution in [3.05, 3.63) is 29.3 Å². The predicted molar refractivity (Wildman–Crippen MR) is 56.5 cm³/mol. The molecule has 6 heteroatoms. The lowest BCUT2D eigenvalue weighted by Crippen LogP contribution is -2.26. The molecule has 88 valence electrons. The fourth-order valence-corrected chi connectivity index (χ4v) is 2.65. The average Bonchev–Trinajstić information content (AvgIpc) is 2.13. The molecule has 2 rings (SSSR count). The van der Waals surface area contributed by atoms with E-state index in [9.17, 15) is 17.2 Å². The lowest BCUT2D eigenvalue weighted by Gasteiger charge is -2.24. The lowest BCUT2D eigenvalue weighted by molar-refractivity contribution is -0.0122. The smallest absolute Gasteiger partial charge is 0.207 e. The van der Waals surface area contributed by atoms with E-state index in [1.54, 1.807) is 6.07 Å². The zero-order chi connectivity index (χ0) is 12.0. The fourth-order valence-electron chi connectivity index (χ4n) is 1.85. The average molecular weight is 267 g/mol. The molecule has 0 unspecified atom stereocenters. The Hall–Kier alpha value is -0.680. The van der Waals surface area contributed by atoms with E-state index in [2.05, 4.69) is 0 Å². The van der Waals surface area contributed by atoms with Gasteiger partial charge in [0.2, 0.25) is 0 Å². The van der Waals surface area contributed by atoms with Crippen LogP contribution in [0.3, 0.4) is 0 Å². The number of hydrogen-bond acceptors (Lipinski definition) is 2. The highest BCUT2D eigenvalue weighted by Gasteiger charge is 2.34. The largest absolute Gasteiger partial charge is 0.261 e. The van der Waals surface area contributed by atoms with Crippen LogP contribution < -0.4 is 0 Å². The standard InChI is InChI=1S/C10H9ClF2O2S/c11-16(14,15)9-2-1-7-3-4-10(12,13)6-8(7)5-9/h1-2,5H,3-4,6H2. The van der Waals surface area contributed by atoms with Gasteiger partial charge in [0, 0.05) is 23.5 Å². The van der Waals surface area contributed by atoms with Crippen molar-refractivity contribution in [3.8, 4) is 0 Å². The van der Waals surface area contributed by atoms with E-state index in [4.69, 9.17) is 10.7 Å². The van der Waals surface area contributed by atoms with Gasteiger partial charge in [-0.3, -0.25) is 0 Å². The van der Waals surface area contributed by atoms with Crippen LogP contribution in [0.15, 0.2) is 23.1 Å². The van der Waals surface area contributed by atoms with Crippen LogP contribution in [0, 0.1) is 0 Å². The summed E-state index contributed by atoms with van der Waals surface area (Å²) in [5, 5.41) is 0. The van der Waals surface area contributed by atoms with E-state index in [1.165, 1.54) is 12.1 Å². The third-order valence-corrected chi connectivity index (χ3v) is 4.02.